The summed E-state index contributed by atoms with van der Waals surface area (Å²) in [5.41, 5.74) is -0.255. The van der Waals surface area contributed by atoms with Crippen LogP contribution in [-0.4, -0.2) is 17.2 Å². The van der Waals surface area contributed by atoms with Crippen molar-refractivity contribution in [3.8, 4) is 0 Å². The van der Waals surface area contributed by atoms with Gasteiger partial charge in [0, 0.05) is 0 Å². The highest BCUT2D eigenvalue weighted by atomic mass is 16.4. The molecule has 0 atom stereocenters. The molecule has 0 saturated heterocycles. The lowest BCUT2D eigenvalue weighted by molar-refractivity contribution is -0.132. The fourth-order valence-electron chi connectivity index (χ4n) is 0.521. The van der Waals surface area contributed by atoms with Gasteiger partial charge in [-0.2, -0.15) is 4.99 Å². The van der Waals surface area contributed by atoms with Crippen LogP contribution in [0, 0.1) is 5.92 Å². The minimum atomic E-state index is -1.21. The number of hydrogen-bond donors (Lipinski definition) is 1. The normalized spacial score (nSPS) is 11.0. The van der Waals surface area contributed by atoms with E-state index >= 15 is 0 Å². The number of isocyanates is 1. The van der Waals surface area contributed by atoms with E-state index in [0.29, 0.717) is 0 Å². The van der Waals surface area contributed by atoms with Gasteiger partial charge in [0.1, 0.15) is 0 Å². The van der Waals surface area contributed by atoms with Crippen molar-refractivity contribution in [2.45, 2.75) is 13.8 Å². The van der Waals surface area contributed by atoms with Crippen molar-refractivity contribution in [3.63, 3.8) is 0 Å². The van der Waals surface area contributed by atoms with Crippen molar-refractivity contribution in [1.29, 1.82) is 0 Å². The number of aliphatic imine (C=N–C) groups is 1. The van der Waals surface area contributed by atoms with E-state index in [2.05, 4.69) is 4.99 Å². The lowest BCUT2D eigenvalue weighted by atomic mass is 10.2. The Morgan fingerprint density at radius 3 is 2.45 bits per heavy atom. The molecule has 0 aliphatic carbocycles. The van der Waals surface area contributed by atoms with E-state index in [4.69, 9.17) is 5.11 Å². The van der Waals surface area contributed by atoms with Crippen molar-refractivity contribution in [1.82, 2.24) is 0 Å². The van der Waals surface area contributed by atoms with Crippen molar-refractivity contribution in [2.24, 2.45) is 10.9 Å². The van der Waals surface area contributed by atoms with Gasteiger partial charge in [-0.3, -0.25) is 0 Å². The Bertz CT molecular complexity index is 220. The van der Waals surface area contributed by atoms with Gasteiger partial charge in [-0.15, -0.1) is 0 Å². The molecule has 4 heteroatoms. The zero-order chi connectivity index (χ0) is 8.85. The van der Waals surface area contributed by atoms with Crippen LogP contribution in [0.25, 0.3) is 0 Å². The molecule has 0 heterocycles. The van der Waals surface area contributed by atoms with Gasteiger partial charge >= 0.3 is 5.97 Å². The molecule has 0 fully saturated rings. The largest absolute Gasteiger partial charge is 0.476 e. The molecule has 0 aromatic carbocycles. The van der Waals surface area contributed by atoms with Crippen LogP contribution in [0.1, 0.15) is 13.8 Å². The number of carboxylic acid groups (broad SMARTS) is 1. The second-order valence-electron chi connectivity index (χ2n) is 2.30. The van der Waals surface area contributed by atoms with Crippen LogP contribution in [0.15, 0.2) is 16.8 Å². The topological polar surface area (TPSA) is 66.7 Å². The first kappa shape index (κ1) is 9.59. The van der Waals surface area contributed by atoms with Gasteiger partial charge in [0.05, 0.1) is 0 Å². The molecule has 0 rings (SSSR count). The third-order valence-corrected chi connectivity index (χ3v) is 0.876. The first-order valence-electron chi connectivity index (χ1n) is 3.11. The highest BCUT2D eigenvalue weighted by molar-refractivity contribution is 5.87. The van der Waals surface area contributed by atoms with E-state index in [9.17, 15) is 9.59 Å². The Kier molecular flexibility index (Phi) is 3.85. The number of allylic oxidation sites excluding steroid dienone is 1. The van der Waals surface area contributed by atoms with Gasteiger partial charge in [0.15, 0.2) is 5.70 Å². The number of carbonyl (C=O) groups is 1. The number of carboxylic acids is 1. The SMILES string of the molecule is CC(C)/C=C(/N=C=O)C(=O)O. The molecule has 0 aliphatic rings. The van der Waals surface area contributed by atoms with Gasteiger partial charge in [-0.25, -0.2) is 9.59 Å². The summed E-state index contributed by atoms with van der Waals surface area (Å²) in [7, 11) is 0. The van der Waals surface area contributed by atoms with Crippen molar-refractivity contribution in [2.75, 3.05) is 0 Å². The third-order valence-electron chi connectivity index (χ3n) is 0.876. The summed E-state index contributed by atoms with van der Waals surface area (Å²) in [6.45, 7) is 3.59. The Balaban J connectivity index is 4.59. The van der Waals surface area contributed by atoms with Crippen molar-refractivity contribution < 1.29 is 14.7 Å². The number of aliphatic carboxylic acids is 1. The predicted molar refractivity (Wildman–Crippen MR) is 38.7 cm³/mol. The maximum Gasteiger partial charge on any atom is 0.355 e. The van der Waals surface area contributed by atoms with Crippen LogP contribution in [0.5, 0.6) is 0 Å². The lowest BCUT2D eigenvalue weighted by Gasteiger charge is -1.94. The molecule has 0 aromatic heterocycles. The molecular weight excluding hydrogens is 146 g/mol. The Labute approximate surface area is 64.3 Å². The van der Waals surface area contributed by atoms with E-state index in [0.717, 1.165) is 0 Å². The zero-order valence-electron chi connectivity index (χ0n) is 6.37. The molecule has 0 saturated carbocycles. The molecule has 4 nitrogen and oxygen atoms in total. The first-order chi connectivity index (χ1) is 5.07. The van der Waals surface area contributed by atoms with Gasteiger partial charge in [0.2, 0.25) is 6.08 Å². The minimum absolute atomic E-state index is 0.0539. The molecular formula is C7H9NO3. The first-order valence-corrected chi connectivity index (χ1v) is 3.11. The van der Waals surface area contributed by atoms with E-state index < -0.39 is 5.97 Å². The van der Waals surface area contributed by atoms with Crippen LogP contribution in [-0.2, 0) is 9.59 Å². The minimum Gasteiger partial charge on any atom is -0.476 e. The summed E-state index contributed by atoms with van der Waals surface area (Å²) in [5, 5.41) is 8.41. The number of carbonyl (C=O) groups excluding carboxylic acids is 1. The van der Waals surface area contributed by atoms with Crippen LogP contribution in [0.4, 0.5) is 0 Å². The van der Waals surface area contributed by atoms with Crippen LogP contribution in [0.3, 0.4) is 0 Å². The monoisotopic (exact) mass is 155 g/mol. The van der Waals surface area contributed by atoms with Gasteiger partial charge in [-0.1, -0.05) is 13.8 Å². The zero-order valence-corrected chi connectivity index (χ0v) is 6.37. The van der Waals surface area contributed by atoms with Gasteiger partial charge < -0.3 is 5.11 Å². The molecule has 11 heavy (non-hydrogen) atoms. The van der Waals surface area contributed by atoms with E-state index in [1.54, 1.807) is 13.8 Å². The fourth-order valence-corrected chi connectivity index (χ4v) is 0.521. The fraction of sp³-hybridized carbons (Fsp3) is 0.429. The standard InChI is InChI=1S/C7H9NO3/c1-5(2)3-6(7(10)11)8-4-9/h3,5H,1-2H3,(H,10,11)/b6-3+. The lowest BCUT2D eigenvalue weighted by Crippen LogP contribution is -1.99. The number of nitrogens with zero attached hydrogens (tertiary/aromatic N) is 1. The molecule has 0 radical (unpaired) electrons. The molecule has 0 aliphatic heterocycles. The Morgan fingerprint density at radius 2 is 2.18 bits per heavy atom. The quantitative estimate of drug-likeness (QED) is 0.374. The smallest absolute Gasteiger partial charge is 0.355 e. The van der Waals surface area contributed by atoms with E-state index in [1.807, 2.05) is 0 Å². The summed E-state index contributed by atoms with van der Waals surface area (Å²) < 4.78 is 0. The second kappa shape index (κ2) is 4.41. The van der Waals surface area contributed by atoms with Crippen molar-refractivity contribution in [3.05, 3.63) is 11.8 Å². The highest BCUT2D eigenvalue weighted by Crippen LogP contribution is 2.02. The maximum atomic E-state index is 10.3. The molecule has 0 amide bonds. The third kappa shape index (κ3) is 4.06. The van der Waals surface area contributed by atoms with Crippen LogP contribution >= 0.6 is 0 Å². The molecule has 0 bridgehead atoms. The average molecular weight is 155 g/mol. The van der Waals surface area contributed by atoms with Gasteiger partial charge in [0.25, 0.3) is 0 Å². The van der Waals surface area contributed by atoms with Crippen LogP contribution < -0.4 is 0 Å². The molecule has 0 unspecified atom stereocenters. The predicted octanol–water partition coefficient (Wildman–Crippen LogP) is 0.947. The summed E-state index contributed by atoms with van der Waals surface area (Å²) in [4.78, 5) is 23.0. The highest BCUT2D eigenvalue weighted by Gasteiger charge is 2.05. The number of rotatable bonds is 3. The molecule has 1 N–H and O–H groups in total. The molecule has 0 aromatic rings. The molecule has 0 spiro atoms. The summed E-state index contributed by atoms with van der Waals surface area (Å²) >= 11 is 0. The number of hydrogen-bond acceptors (Lipinski definition) is 3. The Morgan fingerprint density at radius 1 is 1.64 bits per heavy atom. The summed E-state index contributed by atoms with van der Waals surface area (Å²) in [6, 6.07) is 0. The average Bonchev–Trinajstić information content (AvgIpc) is 1.86. The maximum absolute atomic E-state index is 10.3. The van der Waals surface area contributed by atoms with Crippen LogP contribution in [0.2, 0.25) is 0 Å². The van der Waals surface area contributed by atoms with Crippen molar-refractivity contribution >= 4 is 12.0 Å². The summed E-state index contributed by atoms with van der Waals surface area (Å²) in [6.07, 6.45) is 2.56. The Hall–Kier alpha value is -1.41. The summed E-state index contributed by atoms with van der Waals surface area (Å²) in [5.74, 6) is -1.15. The second-order valence-corrected chi connectivity index (χ2v) is 2.30. The van der Waals surface area contributed by atoms with E-state index in [1.165, 1.54) is 12.2 Å². The molecule has 60 valence electrons. The van der Waals surface area contributed by atoms with E-state index in [-0.39, 0.29) is 11.6 Å². The van der Waals surface area contributed by atoms with Gasteiger partial charge in [-0.05, 0) is 12.0 Å².